The van der Waals surface area contributed by atoms with E-state index in [2.05, 4.69) is 13.0 Å². The van der Waals surface area contributed by atoms with E-state index in [0.29, 0.717) is 0 Å². The molecule has 0 unspecified atom stereocenters. The minimum absolute atomic E-state index is 0.0742. The lowest BCUT2D eigenvalue weighted by Gasteiger charge is -2.04. The highest BCUT2D eigenvalue weighted by atomic mass is 16.3. The van der Waals surface area contributed by atoms with Crippen LogP contribution >= 0.6 is 0 Å². The van der Waals surface area contributed by atoms with Crippen LogP contribution in [0.1, 0.15) is 62.3 Å². The molecular weight excluding hydrogens is 174 g/mol. The van der Waals surface area contributed by atoms with Gasteiger partial charge in [0.05, 0.1) is 12.3 Å². The smallest absolute Gasteiger partial charge is 0.120 e. The molecule has 2 N–H and O–H groups in total. The van der Waals surface area contributed by atoms with Crippen molar-refractivity contribution in [3.63, 3.8) is 0 Å². The molecule has 1 saturated carbocycles. The normalized spacial score (nSPS) is 20.1. The predicted octanol–water partition coefficient (Wildman–Crippen LogP) is 3.35. The van der Waals surface area contributed by atoms with E-state index >= 15 is 0 Å². The van der Waals surface area contributed by atoms with E-state index in [1.165, 1.54) is 31.2 Å². The van der Waals surface area contributed by atoms with E-state index < -0.39 is 0 Å². The highest BCUT2D eigenvalue weighted by Gasteiger charge is 2.20. The summed E-state index contributed by atoms with van der Waals surface area (Å²) >= 11 is 0. The van der Waals surface area contributed by atoms with Crippen LogP contribution in [-0.2, 0) is 0 Å². The minimum atomic E-state index is 0.0742. The van der Waals surface area contributed by atoms with Gasteiger partial charge in [0.1, 0.15) is 5.76 Å². The quantitative estimate of drug-likeness (QED) is 0.799. The molecule has 78 valence electrons. The van der Waals surface area contributed by atoms with E-state index in [9.17, 15) is 0 Å². The van der Waals surface area contributed by atoms with E-state index in [1.54, 1.807) is 0 Å². The Kier molecular flexibility index (Phi) is 2.92. The molecule has 1 heterocycles. The monoisotopic (exact) mass is 193 g/mol. The van der Waals surface area contributed by atoms with Crippen molar-refractivity contribution < 1.29 is 4.42 Å². The molecule has 0 radical (unpaired) electrons. The maximum atomic E-state index is 5.91. The van der Waals surface area contributed by atoms with Gasteiger partial charge in [-0.15, -0.1) is 0 Å². The molecule has 0 aliphatic heterocycles. The van der Waals surface area contributed by atoms with E-state index in [1.807, 2.05) is 6.26 Å². The molecule has 1 aromatic heterocycles. The molecule has 1 aliphatic rings. The second-order valence-corrected chi connectivity index (χ2v) is 4.28. The van der Waals surface area contributed by atoms with Crippen molar-refractivity contribution in [2.24, 2.45) is 5.73 Å². The van der Waals surface area contributed by atoms with Gasteiger partial charge in [0.15, 0.2) is 0 Å². The molecule has 14 heavy (non-hydrogen) atoms. The summed E-state index contributed by atoms with van der Waals surface area (Å²) < 4.78 is 5.50. The summed E-state index contributed by atoms with van der Waals surface area (Å²) in [6.07, 6.45) is 8.22. The van der Waals surface area contributed by atoms with Crippen LogP contribution < -0.4 is 5.73 Å². The predicted molar refractivity (Wildman–Crippen MR) is 57.1 cm³/mol. The van der Waals surface area contributed by atoms with Gasteiger partial charge in [-0.25, -0.2) is 0 Å². The molecule has 2 nitrogen and oxygen atoms in total. The van der Waals surface area contributed by atoms with Gasteiger partial charge in [-0.3, -0.25) is 0 Å². The largest absolute Gasteiger partial charge is 0.467 e. The number of hydrogen-bond acceptors (Lipinski definition) is 2. The van der Waals surface area contributed by atoms with Crippen molar-refractivity contribution in [1.82, 2.24) is 0 Å². The second-order valence-electron chi connectivity index (χ2n) is 4.28. The first-order valence-electron chi connectivity index (χ1n) is 5.65. The van der Waals surface area contributed by atoms with Gasteiger partial charge in [0.2, 0.25) is 0 Å². The summed E-state index contributed by atoms with van der Waals surface area (Å²) in [5, 5.41) is 0. The van der Waals surface area contributed by atoms with Gasteiger partial charge in [-0.2, -0.15) is 0 Å². The average molecular weight is 193 g/mol. The molecule has 0 amide bonds. The standard InChI is InChI=1S/C12H19NO/c1-2-11(13)12-7-10(8-14-12)9-5-3-4-6-9/h7-9,11H,2-6,13H2,1H3/t11-/m1/s1. The Balaban J connectivity index is 2.08. The Morgan fingerprint density at radius 1 is 1.50 bits per heavy atom. The van der Waals surface area contributed by atoms with Crippen molar-refractivity contribution in [3.05, 3.63) is 23.7 Å². The van der Waals surface area contributed by atoms with Crippen LogP contribution in [0.5, 0.6) is 0 Å². The van der Waals surface area contributed by atoms with Gasteiger partial charge in [-0.05, 0) is 36.8 Å². The Bertz CT molecular complexity index is 286. The van der Waals surface area contributed by atoms with Gasteiger partial charge in [0, 0.05) is 0 Å². The molecule has 0 spiro atoms. The van der Waals surface area contributed by atoms with Gasteiger partial charge in [-0.1, -0.05) is 19.8 Å². The fourth-order valence-electron chi connectivity index (χ4n) is 2.24. The lowest BCUT2D eigenvalue weighted by Crippen LogP contribution is -2.07. The van der Waals surface area contributed by atoms with Crippen molar-refractivity contribution in [2.45, 2.75) is 51.0 Å². The highest BCUT2D eigenvalue weighted by Crippen LogP contribution is 2.35. The molecule has 2 rings (SSSR count). The van der Waals surface area contributed by atoms with Crippen LogP contribution in [0.2, 0.25) is 0 Å². The highest BCUT2D eigenvalue weighted by molar-refractivity contribution is 5.20. The minimum Gasteiger partial charge on any atom is -0.467 e. The van der Waals surface area contributed by atoms with Crippen molar-refractivity contribution in [1.29, 1.82) is 0 Å². The molecule has 1 atom stereocenters. The van der Waals surface area contributed by atoms with Crippen LogP contribution in [0.3, 0.4) is 0 Å². The molecule has 2 heteroatoms. The second kappa shape index (κ2) is 4.18. The van der Waals surface area contributed by atoms with Crippen LogP contribution in [0.25, 0.3) is 0 Å². The van der Waals surface area contributed by atoms with Gasteiger partial charge < -0.3 is 10.2 Å². The number of rotatable bonds is 3. The third kappa shape index (κ3) is 1.85. The summed E-state index contributed by atoms with van der Waals surface area (Å²) in [7, 11) is 0. The molecule has 1 aromatic rings. The third-order valence-corrected chi connectivity index (χ3v) is 3.27. The summed E-state index contributed by atoms with van der Waals surface area (Å²) in [5.74, 6) is 1.69. The van der Waals surface area contributed by atoms with Gasteiger partial charge in [0.25, 0.3) is 0 Å². The molecule has 1 aliphatic carbocycles. The molecule has 1 fully saturated rings. The van der Waals surface area contributed by atoms with Crippen LogP contribution in [0.15, 0.2) is 16.7 Å². The zero-order chi connectivity index (χ0) is 9.97. The summed E-state index contributed by atoms with van der Waals surface area (Å²) in [6.45, 7) is 2.09. The zero-order valence-corrected chi connectivity index (χ0v) is 8.83. The maximum absolute atomic E-state index is 5.91. The Hall–Kier alpha value is -0.760. The summed E-state index contributed by atoms with van der Waals surface area (Å²) in [5.41, 5.74) is 7.27. The molecule has 0 saturated heterocycles. The van der Waals surface area contributed by atoms with E-state index in [4.69, 9.17) is 10.2 Å². The molecular formula is C12H19NO. The fourth-order valence-corrected chi connectivity index (χ4v) is 2.24. The third-order valence-electron chi connectivity index (χ3n) is 3.27. The first kappa shape index (κ1) is 9.78. The fraction of sp³-hybridized carbons (Fsp3) is 0.667. The zero-order valence-electron chi connectivity index (χ0n) is 8.83. The summed E-state index contributed by atoms with van der Waals surface area (Å²) in [6, 6.07) is 2.23. The summed E-state index contributed by atoms with van der Waals surface area (Å²) in [4.78, 5) is 0. The van der Waals surface area contributed by atoms with Crippen LogP contribution in [0, 0.1) is 0 Å². The van der Waals surface area contributed by atoms with Gasteiger partial charge >= 0.3 is 0 Å². The van der Waals surface area contributed by atoms with Crippen molar-refractivity contribution in [3.8, 4) is 0 Å². The van der Waals surface area contributed by atoms with Crippen LogP contribution in [0.4, 0.5) is 0 Å². The molecule has 0 aromatic carbocycles. The number of nitrogens with two attached hydrogens (primary N) is 1. The van der Waals surface area contributed by atoms with Crippen molar-refractivity contribution in [2.75, 3.05) is 0 Å². The lowest BCUT2D eigenvalue weighted by molar-refractivity contribution is 0.458. The van der Waals surface area contributed by atoms with E-state index in [0.717, 1.165) is 18.1 Å². The number of furan rings is 1. The lowest BCUT2D eigenvalue weighted by atomic mass is 10.00. The maximum Gasteiger partial charge on any atom is 0.120 e. The first-order chi connectivity index (χ1) is 6.81. The first-order valence-corrected chi connectivity index (χ1v) is 5.65. The Morgan fingerprint density at radius 3 is 2.86 bits per heavy atom. The van der Waals surface area contributed by atoms with Crippen LogP contribution in [-0.4, -0.2) is 0 Å². The molecule has 0 bridgehead atoms. The topological polar surface area (TPSA) is 39.2 Å². The number of hydrogen-bond donors (Lipinski definition) is 1. The average Bonchev–Trinajstić information content (AvgIpc) is 2.86. The Morgan fingerprint density at radius 2 is 2.21 bits per heavy atom. The van der Waals surface area contributed by atoms with Crippen molar-refractivity contribution >= 4 is 0 Å². The van der Waals surface area contributed by atoms with E-state index in [-0.39, 0.29) is 6.04 Å². The Labute approximate surface area is 85.5 Å². The SMILES string of the molecule is CC[C@@H](N)c1cc(C2CCCC2)co1.